The molecule has 12 rings (SSSR count). The lowest BCUT2D eigenvalue weighted by Crippen LogP contribution is -2.38. The normalized spacial score (nSPS) is 15.9. The molecule has 5 aliphatic heterocycles. The van der Waals surface area contributed by atoms with Crippen LogP contribution >= 0.6 is 34.8 Å². The van der Waals surface area contributed by atoms with E-state index in [2.05, 4.69) is 60.5 Å². The van der Waals surface area contributed by atoms with Gasteiger partial charge in [-0.2, -0.15) is 0 Å². The van der Waals surface area contributed by atoms with Crippen LogP contribution in [-0.4, -0.2) is 255 Å². The van der Waals surface area contributed by atoms with Crippen molar-refractivity contribution in [1.82, 2.24) is 49.5 Å². The number of anilines is 3. The second-order valence-electron chi connectivity index (χ2n) is 28.6. The van der Waals surface area contributed by atoms with Gasteiger partial charge in [0.15, 0.2) is 21.3 Å². The lowest BCUT2D eigenvalue weighted by Gasteiger charge is -2.26. The first kappa shape index (κ1) is 85.3. The number of carbonyl (C=O) groups is 4. The topological polar surface area (TPSA) is 313 Å². The van der Waals surface area contributed by atoms with Gasteiger partial charge in [-0.3, -0.25) is 38.8 Å². The van der Waals surface area contributed by atoms with Crippen LogP contribution in [0.5, 0.6) is 23.0 Å². The van der Waals surface area contributed by atoms with Crippen LogP contribution < -0.4 is 40.6 Å². The molecule has 5 aliphatic rings. The van der Waals surface area contributed by atoms with Crippen LogP contribution in [0.15, 0.2) is 72.8 Å². The monoisotopic (exact) mass is 1570 g/mol. The first-order chi connectivity index (χ1) is 52.6. The minimum Gasteiger partial charge on any atom is -0.492 e. The summed E-state index contributed by atoms with van der Waals surface area (Å²) in [5.41, 5.74) is 11.7. The number of aromatic nitrogens is 6. The second-order valence-corrected chi connectivity index (χ2v) is 29.6. The molecule has 0 aliphatic carbocycles. The van der Waals surface area contributed by atoms with Crippen molar-refractivity contribution in [2.75, 3.05) is 187 Å². The van der Waals surface area contributed by atoms with Crippen molar-refractivity contribution in [2.24, 2.45) is 5.73 Å². The number of carbonyl (C=O) groups excluding carboxylic acids is 4. The Morgan fingerprint density at radius 3 is 1.23 bits per heavy atom. The van der Waals surface area contributed by atoms with Crippen LogP contribution in [-0.2, 0) is 60.6 Å². The molecule has 0 saturated carbocycles. The summed E-state index contributed by atoms with van der Waals surface area (Å²) in [6, 6.07) is 22.4. The molecule has 8 heterocycles. The smallest absolute Gasteiger partial charge is 0.306 e. The average molecular weight is 1570 g/mol. The van der Waals surface area contributed by atoms with E-state index < -0.39 is 22.9 Å². The van der Waals surface area contributed by atoms with E-state index >= 15 is 0 Å². The van der Waals surface area contributed by atoms with E-state index in [9.17, 15) is 19.2 Å². The van der Waals surface area contributed by atoms with Gasteiger partial charge in [-0.25, -0.2) is 29.9 Å². The molecule has 7 aromatic rings. The highest BCUT2D eigenvalue weighted by Gasteiger charge is 2.25. The number of nitrogens with one attached hydrogen (secondary N) is 3. The molecule has 3 aromatic heterocycles. The number of unbranched alkanes of at least 4 members (excludes halogenated alkanes) is 4. The zero-order valence-electron chi connectivity index (χ0n) is 63.8. The molecule has 31 heteroatoms. The van der Waals surface area contributed by atoms with E-state index in [4.69, 9.17) is 92.9 Å². The molecule has 5 N–H and O–H groups in total. The molecule has 4 fully saturated rings. The van der Waals surface area contributed by atoms with Gasteiger partial charge >= 0.3 is 11.9 Å². The maximum Gasteiger partial charge on any atom is 0.306 e. The van der Waals surface area contributed by atoms with Gasteiger partial charge in [0.05, 0.1) is 91.6 Å². The predicted octanol–water partition coefficient (Wildman–Crippen LogP) is 10.5. The number of fused-ring (bicyclic) bond motifs is 4. The number of benzene rings is 4. The molecule has 1 amide bonds. The Hall–Kier alpha value is -7.71. The standard InChI is InChI=1S/C25H39N5O4.C24H35ClN4O4.C15H18N2O4.C14H15Cl2N3O2/c1-25(2,3)34-23(31)7-5-4-6-10-27-24-22(18-26)28-20-9-8-19(17-21(20)29-24)33-16-13-30-11-14-32-15-12-30;1-24(2,3)33-21(30)7-5-4-6-10-26-23-22(25)27-19-9-8-18(17-20(19)28-23)32-16-13-29-11-14-31-15-12-29;18-14-9-11-1-2-12(10-13(11)16-15(14)19)21-8-5-17-3-6-20-7-4-17;15-13-14(16)18-12-9-10(1-2-11(12)17-13)21-8-5-19-3-6-20-7-4-19/h8-9,17H,4-7,10-16,18,26H2,1-3H3,(H,27,29);8-9,17H,4-7,10-16H2,1-3H3,(H,26,28);1-2,10H,3-9H2,(H,16,19);1-2,9H,3-8H2. The number of ketones is 1. The van der Waals surface area contributed by atoms with Crippen molar-refractivity contribution in [3.05, 3.63) is 99.5 Å². The van der Waals surface area contributed by atoms with E-state index in [1.54, 1.807) is 6.07 Å². The first-order valence-corrected chi connectivity index (χ1v) is 38.9. The van der Waals surface area contributed by atoms with Crippen LogP contribution in [0.4, 0.5) is 17.3 Å². The molecule has 0 radical (unpaired) electrons. The highest BCUT2D eigenvalue weighted by molar-refractivity contribution is 6.42. The number of esters is 2. The molecule has 28 nitrogen and oxygen atoms in total. The van der Waals surface area contributed by atoms with Crippen molar-refractivity contribution in [3.8, 4) is 23.0 Å². The maximum atomic E-state index is 11.8. The van der Waals surface area contributed by atoms with E-state index in [1.807, 2.05) is 108 Å². The van der Waals surface area contributed by atoms with Crippen molar-refractivity contribution < 1.29 is 66.5 Å². The molecule has 0 unspecified atom stereocenters. The van der Waals surface area contributed by atoms with Crippen molar-refractivity contribution in [2.45, 2.75) is 117 Å². The number of halogens is 3. The highest BCUT2D eigenvalue weighted by atomic mass is 35.5. The Labute approximate surface area is 653 Å². The predicted molar refractivity (Wildman–Crippen MR) is 422 cm³/mol. The SMILES string of the molecule is CC(C)(C)OC(=O)CCCCCNc1nc2cc(OCCN3CCOCC3)ccc2nc1CN.CC(C)(C)OC(=O)CCCCCNc1nc2cc(OCCN3CCOCC3)ccc2nc1Cl.Clc1nc2ccc(OCCN3CCOCC3)cc2nc1Cl.O=C1Cc2ccc(OCCN3CCOCC3)cc2NC1=O. The van der Waals surface area contributed by atoms with Crippen LogP contribution in [0.1, 0.15) is 104 Å². The van der Waals surface area contributed by atoms with Gasteiger partial charge in [-0.05, 0) is 115 Å². The van der Waals surface area contributed by atoms with E-state index in [0.717, 1.165) is 227 Å². The first-order valence-electron chi connectivity index (χ1n) is 37.8. The van der Waals surface area contributed by atoms with Crippen LogP contribution in [0.2, 0.25) is 15.5 Å². The number of morpholine rings is 4. The lowest BCUT2D eigenvalue weighted by molar-refractivity contribution is -0.156. The van der Waals surface area contributed by atoms with Gasteiger partial charge in [0.1, 0.15) is 66.4 Å². The minimum atomic E-state index is -0.548. The number of ether oxygens (including phenoxy) is 10. The molecule has 0 atom stereocenters. The van der Waals surface area contributed by atoms with Gasteiger partial charge in [0, 0.05) is 147 Å². The Morgan fingerprint density at radius 2 is 0.817 bits per heavy atom. The van der Waals surface area contributed by atoms with Gasteiger partial charge in [0.2, 0.25) is 5.78 Å². The average Bonchev–Trinajstić information content (AvgIpc) is 0.837. The molecule has 0 bridgehead atoms. The molecular formula is C78H107Cl3N14O14. The van der Waals surface area contributed by atoms with Crippen molar-refractivity contribution in [3.63, 3.8) is 0 Å². The Bertz CT molecular complexity index is 4040. The zero-order chi connectivity index (χ0) is 77.4. The molecule has 594 valence electrons. The molecule has 109 heavy (non-hydrogen) atoms. The van der Waals surface area contributed by atoms with E-state index in [-0.39, 0.29) is 28.7 Å². The number of Topliss-reactive ketones (excluding diaryl/α,β-unsaturated/α-hetero) is 1. The minimum absolute atomic E-state index is 0.144. The summed E-state index contributed by atoms with van der Waals surface area (Å²) in [5, 5.41) is 9.97. The van der Waals surface area contributed by atoms with Gasteiger partial charge in [-0.15, -0.1) is 0 Å². The fourth-order valence-electron chi connectivity index (χ4n) is 11.9. The van der Waals surface area contributed by atoms with Crippen molar-refractivity contribution >= 4 is 109 Å². The number of amides is 1. The number of rotatable bonds is 31. The molecule has 0 spiro atoms. The number of hydrogen-bond acceptors (Lipinski definition) is 27. The largest absolute Gasteiger partial charge is 0.492 e. The van der Waals surface area contributed by atoms with Crippen LogP contribution in [0, 0.1) is 0 Å². The molecule has 4 saturated heterocycles. The number of nitrogens with zero attached hydrogens (tertiary/aromatic N) is 10. The summed E-state index contributed by atoms with van der Waals surface area (Å²) in [4.78, 5) is 82.4. The number of nitrogens with two attached hydrogens (primary N) is 1. The van der Waals surface area contributed by atoms with Gasteiger partial charge in [0.25, 0.3) is 5.91 Å². The Kier molecular flexibility index (Phi) is 34.7. The third kappa shape index (κ3) is 30.5. The molecule has 4 aromatic carbocycles. The Morgan fingerprint density at radius 1 is 0.459 bits per heavy atom. The van der Waals surface area contributed by atoms with Crippen LogP contribution in [0.3, 0.4) is 0 Å². The summed E-state index contributed by atoms with van der Waals surface area (Å²) >= 11 is 18.0. The van der Waals surface area contributed by atoms with Gasteiger partial charge in [-0.1, -0.05) is 53.7 Å². The fourth-order valence-corrected chi connectivity index (χ4v) is 12.4. The Balaban J connectivity index is 0.000000171. The van der Waals surface area contributed by atoms with E-state index in [1.165, 1.54) is 0 Å². The number of hydrogen-bond donors (Lipinski definition) is 4. The van der Waals surface area contributed by atoms with Crippen molar-refractivity contribution in [1.29, 1.82) is 0 Å². The van der Waals surface area contributed by atoms with Crippen LogP contribution in [0.25, 0.3) is 33.1 Å². The third-order valence-corrected chi connectivity index (χ3v) is 18.5. The van der Waals surface area contributed by atoms with Gasteiger partial charge < -0.3 is 69.1 Å². The summed E-state index contributed by atoms with van der Waals surface area (Å²) in [6.45, 7) is 32.8. The maximum absolute atomic E-state index is 11.8. The quantitative estimate of drug-likeness (QED) is 0.0178. The summed E-state index contributed by atoms with van der Waals surface area (Å²) in [5.74, 6) is 3.02. The third-order valence-electron chi connectivity index (χ3n) is 17.6. The van der Waals surface area contributed by atoms with E-state index in [0.29, 0.717) is 91.6 Å². The summed E-state index contributed by atoms with van der Waals surface area (Å²) < 4.78 is 55.4. The zero-order valence-corrected chi connectivity index (χ0v) is 66.1. The highest BCUT2D eigenvalue weighted by Crippen LogP contribution is 2.29. The second kappa shape index (κ2) is 44.4. The summed E-state index contributed by atoms with van der Waals surface area (Å²) in [7, 11) is 0. The fraction of sp³-hybridized carbons (Fsp3) is 0.564. The summed E-state index contributed by atoms with van der Waals surface area (Å²) in [6.07, 6.45) is 6.26. The molecular weight excluding hydrogens is 1460 g/mol. The lowest BCUT2D eigenvalue weighted by atomic mass is 10.0.